The Kier molecular flexibility index (Phi) is 3.81. The molecule has 5 nitrogen and oxygen atoms in total. The van der Waals surface area contributed by atoms with Gasteiger partial charge in [0.15, 0.2) is 0 Å². The van der Waals surface area contributed by atoms with Gasteiger partial charge in [0.25, 0.3) is 5.91 Å². The molecule has 5 heteroatoms. The molecule has 2 atom stereocenters. The Hall–Kier alpha value is -1.62. The summed E-state index contributed by atoms with van der Waals surface area (Å²) in [7, 11) is 1.79. The minimum absolute atomic E-state index is 0.0180. The zero-order chi connectivity index (χ0) is 13.1. The molecule has 1 aromatic heterocycles. The van der Waals surface area contributed by atoms with Gasteiger partial charge in [-0.05, 0) is 19.4 Å². The van der Waals surface area contributed by atoms with Gasteiger partial charge in [0, 0.05) is 44.1 Å². The Morgan fingerprint density at radius 1 is 1.67 bits per heavy atom. The van der Waals surface area contributed by atoms with Gasteiger partial charge in [-0.25, -0.2) is 0 Å². The lowest BCUT2D eigenvalue weighted by atomic mass is 10.0. The van der Waals surface area contributed by atoms with Crippen LogP contribution in [0.3, 0.4) is 0 Å². The minimum atomic E-state index is -0.361. The monoisotopic (exact) mass is 249 g/mol. The number of aliphatic hydroxyl groups excluding tert-OH is 1. The zero-order valence-electron chi connectivity index (χ0n) is 10.8. The SMILES string of the molecule is CNc1ccncc1C(=O)N1CCC(C(C)O)C1. The molecule has 2 unspecified atom stereocenters. The second kappa shape index (κ2) is 5.35. The molecule has 1 saturated heterocycles. The highest BCUT2D eigenvalue weighted by atomic mass is 16.3. The second-order valence-corrected chi connectivity index (χ2v) is 4.71. The van der Waals surface area contributed by atoms with Crippen LogP contribution in [0.4, 0.5) is 5.69 Å². The largest absolute Gasteiger partial charge is 0.393 e. The second-order valence-electron chi connectivity index (χ2n) is 4.71. The predicted molar refractivity (Wildman–Crippen MR) is 69.5 cm³/mol. The van der Waals surface area contributed by atoms with Crippen molar-refractivity contribution in [2.45, 2.75) is 19.4 Å². The predicted octanol–water partition coefficient (Wildman–Crippen LogP) is 0.966. The fraction of sp³-hybridized carbons (Fsp3) is 0.538. The van der Waals surface area contributed by atoms with Crippen molar-refractivity contribution < 1.29 is 9.90 Å². The fourth-order valence-corrected chi connectivity index (χ4v) is 2.32. The number of likely N-dealkylation sites (tertiary alicyclic amines) is 1. The number of pyridine rings is 1. The van der Waals surface area contributed by atoms with Crippen LogP contribution in [0.1, 0.15) is 23.7 Å². The summed E-state index contributed by atoms with van der Waals surface area (Å²) < 4.78 is 0. The number of aromatic nitrogens is 1. The van der Waals surface area contributed by atoms with E-state index < -0.39 is 0 Å². The highest BCUT2D eigenvalue weighted by Gasteiger charge is 2.30. The molecule has 2 heterocycles. The third kappa shape index (κ3) is 2.46. The first-order valence-electron chi connectivity index (χ1n) is 6.22. The lowest BCUT2D eigenvalue weighted by Gasteiger charge is -2.19. The van der Waals surface area contributed by atoms with E-state index in [2.05, 4.69) is 10.3 Å². The highest BCUT2D eigenvalue weighted by molar-refractivity contribution is 5.99. The molecule has 98 valence electrons. The van der Waals surface area contributed by atoms with E-state index in [0.717, 1.165) is 12.1 Å². The van der Waals surface area contributed by atoms with Gasteiger partial charge in [-0.2, -0.15) is 0 Å². The Morgan fingerprint density at radius 3 is 3.06 bits per heavy atom. The van der Waals surface area contributed by atoms with Crippen LogP contribution in [-0.2, 0) is 0 Å². The van der Waals surface area contributed by atoms with Gasteiger partial charge in [0.05, 0.1) is 11.7 Å². The number of carbonyl (C=O) groups is 1. The van der Waals surface area contributed by atoms with Crippen LogP contribution >= 0.6 is 0 Å². The van der Waals surface area contributed by atoms with Crippen LogP contribution in [0.15, 0.2) is 18.5 Å². The quantitative estimate of drug-likeness (QED) is 0.837. The summed E-state index contributed by atoms with van der Waals surface area (Å²) in [4.78, 5) is 18.1. The molecule has 1 aromatic rings. The Labute approximate surface area is 107 Å². The van der Waals surface area contributed by atoms with Crippen LogP contribution < -0.4 is 5.32 Å². The molecular weight excluding hydrogens is 230 g/mol. The Bertz CT molecular complexity index is 434. The van der Waals surface area contributed by atoms with E-state index in [4.69, 9.17) is 0 Å². The van der Waals surface area contributed by atoms with Crippen LogP contribution in [0.5, 0.6) is 0 Å². The molecule has 1 amide bonds. The molecule has 1 aliphatic rings. The maximum Gasteiger partial charge on any atom is 0.257 e. The number of nitrogens with zero attached hydrogens (tertiary/aromatic N) is 2. The van der Waals surface area contributed by atoms with Crippen molar-refractivity contribution >= 4 is 11.6 Å². The van der Waals surface area contributed by atoms with E-state index in [1.54, 1.807) is 37.3 Å². The van der Waals surface area contributed by atoms with Crippen molar-refractivity contribution in [2.75, 3.05) is 25.5 Å². The molecule has 1 aliphatic heterocycles. The zero-order valence-corrected chi connectivity index (χ0v) is 10.8. The van der Waals surface area contributed by atoms with E-state index in [-0.39, 0.29) is 17.9 Å². The van der Waals surface area contributed by atoms with E-state index in [0.29, 0.717) is 18.7 Å². The molecule has 0 aromatic carbocycles. The summed E-state index contributed by atoms with van der Waals surface area (Å²) in [6.07, 6.45) is 3.74. The standard InChI is InChI=1S/C13H19N3O2/c1-9(17)10-4-6-16(8-10)13(18)11-7-15-5-3-12(11)14-2/h3,5,7,9-10,17H,4,6,8H2,1-2H3,(H,14,15). The summed E-state index contributed by atoms with van der Waals surface area (Å²) in [5.41, 5.74) is 1.38. The third-order valence-electron chi connectivity index (χ3n) is 3.51. The topological polar surface area (TPSA) is 65.5 Å². The molecule has 0 aliphatic carbocycles. The molecule has 18 heavy (non-hydrogen) atoms. The summed E-state index contributed by atoms with van der Waals surface area (Å²) >= 11 is 0. The number of hydrogen-bond donors (Lipinski definition) is 2. The number of anilines is 1. The maximum absolute atomic E-state index is 12.4. The number of rotatable bonds is 3. The maximum atomic E-state index is 12.4. The van der Waals surface area contributed by atoms with Gasteiger partial charge in [0.1, 0.15) is 0 Å². The van der Waals surface area contributed by atoms with Gasteiger partial charge in [0.2, 0.25) is 0 Å². The summed E-state index contributed by atoms with van der Waals surface area (Å²) in [5, 5.41) is 12.6. The van der Waals surface area contributed by atoms with Crippen molar-refractivity contribution in [1.29, 1.82) is 0 Å². The van der Waals surface area contributed by atoms with Crippen molar-refractivity contribution in [2.24, 2.45) is 5.92 Å². The lowest BCUT2D eigenvalue weighted by molar-refractivity contribution is 0.0763. The number of aliphatic hydroxyl groups is 1. The average Bonchev–Trinajstić information content (AvgIpc) is 2.87. The number of carbonyl (C=O) groups excluding carboxylic acids is 1. The van der Waals surface area contributed by atoms with Crippen LogP contribution in [0.25, 0.3) is 0 Å². The Morgan fingerprint density at radius 2 is 2.44 bits per heavy atom. The first-order chi connectivity index (χ1) is 8.63. The molecule has 2 N–H and O–H groups in total. The first-order valence-corrected chi connectivity index (χ1v) is 6.22. The normalized spacial score (nSPS) is 20.8. The van der Waals surface area contributed by atoms with Gasteiger partial charge < -0.3 is 15.3 Å². The third-order valence-corrected chi connectivity index (χ3v) is 3.51. The van der Waals surface area contributed by atoms with Crippen LogP contribution in [-0.4, -0.2) is 47.1 Å². The summed E-state index contributed by atoms with van der Waals surface area (Å²) in [6.45, 7) is 3.10. The van der Waals surface area contributed by atoms with E-state index in [9.17, 15) is 9.90 Å². The van der Waals surface area contributed by atoms with Crippen molar-refractivity contribution in [3.63, 3.8) is 0 Å². The molecule has 1 fully saturated rings. The molecule has 0 spiro atoms. The van der Waals surface area contributed by atoms with Gasteiger partial charge in [-0.3, -0.25) is 9.78 Å². The summed E-state index contributed by atoms with van der Waals surface area (Å²) in [6, 6.07) is 1.79. The fourth-order valence-electron chi connectivity index (χ4n) is 2.32. The van der Waals surface area contributed by atoms with E-state index in [1.165, 1.54) is 0 Å². The van der Waals surface area contributed by atoms with Crippen molar-refractivity contribution in [1.82, 2.24) is 9.88 Å². The van der Waals surface area contributed by atoms with E-state index >= 15 is 0 Å². The van der Waals surface area contributed by atoms with Crippen LogP contribution in [0.2, 0.25) is 0 Å². The van der Waals surface area contributed by atoms with Crippen molar-refractivity contribution in [3.05, 3.63) is 24.0 Å². The van der Waals surface area contributed by atoms with Crippen LogP contribution in [0, 0.1) is 5.92 Å². The Balaban J connectivity index is 2.13. The van der Waals surface area contributed by atoms with Gasteiger partial charge in [-0.1, -0.05) is 0 Å². The van der Waals surface area contributed by atoms with Gasteiger partial charge in [-0.15, -0.1) is 0 Å². The lowest BCUT2D eigenvalue weighted by Crippen LogP contribution is -2.31. The summed E-state index contributed by atoms with van der Waals surface area (Å²) in [5.74, 6) is 0.166. The van der Waals surface area contributed by atoms with E-state index in [1.807, 2.05) is 0 Å². The molecule has 2 rings (SSSR count). The molecule has 0 radical (unpaired) electrons. The molecule has 0 bridgehead atoms. The number of nitrogens with one attached hydrogen (secondary N) is 1. The number of hydrogen-bond acceptors (Lipinski definition) is 4. The number of amides is 1. The average molecular weight is 249 g/mol. The molecule has 0 saturated carbocycles. The van der Waals surface area contributed by atoms with Crippen molar-refractivity contribution in [3.8, 4) is 0 Å². The smallest absolute Gasteiger partial charge is 0.257 e. The minimum Gasteiger partial charge on any atom is -0.393 e. The highest BCUT2D eigenvalue weighted by Crippen LogP contribution is 2.23. The van der Waals surface area contributed by atoms with Gasteiger partial charge >= 0.3 is 0 Å². The first kappa shape index (κ1) is 12.8. The molecular formula is C13H19N3O2.